The van der Waals surface area contributed by atoms with Crippen molar-refractivity contribution in [3.63, 3.8) is 0 Å². The van der Waals surface area contributed by atoms with Gasteiger partial charge in [-0.25, -0.2) is 4.98 Å². The van der Waals surface area contributed by atoms with Gasteiger partial charge in [-0.15, -0.1) is 0 Å². The molecular weight excluding hydrogens is 440 g/mol. The Labute approximate surface area is 181 Å². The molecule has 0 aliphatic carbocycles. The van der Waals surface area contributed by atoms with Gasteiger partial charge in [0.25, 0.3) is 5.91 Å². The number of hydrogen-bond donors (Lipinski definition) is 2. The monoisotopic (exact) mass is 458 g/mol. The molecule has 0 fully saturated rings. The molecule has 2 heterocycles. The van der Waals surface area contributed by atoms with E-state index in [0.29, 0.717) is 5.69 Å². The van der Waals surface area contributed by atoms with Crippen LogP contribution in [0.15, 0.2) is 83.3 Å². The highest BCUT2D eigenvalue weighted by Crippen LogP contribution is 2.29. The van der Waals surface area contributed by atoms with Crippen molar-refractivity contribution >= 4 is 43.8 Å². The van der Waals surface area contributed by atoms with Crippen LogP contribution in [0, 0.1) is 0 Å². The third-order valence-corrected chi connectivity index (χ3v) is 6.18. The van der Waals surface area contributed by atoms with Crippen molar-refractivity contribution in [2.45, 2.75) is 6.04 Å². The van der Waals surface area contributed by atoms with Gasteiger partial charge in [0.2, 0.25) is 0 Å². The number of fused-ring (bicyclic) bond motifs is 2. The number of carbonyl (C=O) groups excluding carboxylic acids is 1. The summed E-state index contributed by atoms with van der Waals surface area (Å²) in [6.45, 7) is 0. The second-order valence-corrected chi connectivity index (χ2v) is 7.99. The summed E-state index contributed by atoms with van der Waals surface area (Å²) in [7, 11) is 1.98. The number of halogens is 1. The number of hydrogen-bond acceptors (Lipinski definition) is 2. The highest BCUT2D eigenvalue weighted by molar-refractivity contribution is 9.10. The van der Waals surface area contributed by atoms with Gasteiger partial charge < -0.3 is 14.9 Å². The molecule has 1 atom stereocenters. The van der Waals surface area contributed by atoms with E-state index < -0.39 is 6.04 Å². The van der Waals surface area contributed by atoms with E-state index >= 15 is 0 Å². The van der Waals surface area contributed by atoms with Crippen molar-refractivity contribution in [2.24, 2.45) is 7.05 Å². The van der Waals surface area contributed by atoms with Gasteiger partial charge in [0.1, 0.15) is 17.6 Å². The SMILES string of the molecule is Cn1c(C(NC(=O)c2[nH]c3ccccc3c2Br)c2ccccc2)nc2ccccc21. The molecule has 6 heteroatoms. The molecule has 5 nitrogen and oxygen atoms in total. The van der Waals surface area contributed by atoms with Gasteiger partial charge in [0.05, 0.1) is 15.5 Å². The van der Waals surface area contributed by atoms with Crippen LogP contribution in [-0.4, -0.2) is 20.4 Å². The molecule has 1 unspecified atom stereocenters. The molecule has 3 aromatic carbocycles. The maximum absolute atomic E-state index is 13.3. The largest absolute Gasteiger partial charge is 0.350 e. The summed E-state index contributed by atoms with van der Waals surface area (Å²) in [6, 6.07) is 25.3. The molecule has 5 aromatic rings. The summed E-state index contributed by atoms with van der Waals surface area (Å²) in [5.41, 5.74) is 4.30. The fourth-order valence-corrected chi connectivity index (χ4v) is 4.46. The van der Waals surface area contributed by atoms with Gasteiger partial charge in [-0.1, -0.05) is 60.7 Å². The van der Waals surface area contributed by atoms with E-state index in [1.807, 2.05) is 90.5 Å². The normalized spacial score (nSPS) is 12.3. The van der Waals surface area contributed by atoms with Gasteiger partial charge in [-0.2, -0.15) is 0 Å². The zero-order valence-electron chi connectivity index (χ0n) is 16.3. The first-order valence-corrected chi connectivity index (χ1v) is 10.5. The summed E-state index contributed by atoms with van der Waals surface area (Å²) in [6.07, 6.45) is 0. The van der Waals surface area contributed by atoms with Gasteiger partial charge in [0.15, 0.2) is 0 Å². The molecule has 0 spiro atoms. The van der Waals surface area contributed by atoms with E-state index in [4.69, 9.17) is 4.98 Å². The highest BCUT2D eigenvalue weighted by atomic mass is 79.9. The Morgan fingerprint density at radius 2 is 1.70 bits per heavy atom. The quantitative estimate of drug-likeness (QED) is 0.381. The lowest BCUT2D eigenvalue weighted by atomic mass is 10.1. The van der Waals surface area contributed by atoms with E-state index in [1.54, 1.807) is 0 Å². The topological polar surface area (TPSA) is 62.7 Å². The number of aromatic nitrogens is 3. The van der Waals surface area contributed by atoms with Gasteiger partial charge >= 0.3 is 0 Å². The second kappa shape index (κ2) is 7.46. The minimum atomic E-state index is -0.394. The van der Waals surface area contributed by atoms with Crippen molar-refractivity contribution in [1.29, 1.82) is 0 Å². The van der Waals surface area contributed by atoms with Gasteiger partial charge in [-0.05, 0) is 39.7 Å². The summed E-state index contributed by atoms with van der Waals surface area (Å²) in [5.74, 6) is 0.585. The molecule has 0 aliphatic rings. The summed E-state index contributed by atoms with van der Waals surface area (Å²) in [5, 5.41) is 4.16. The average molecular weight is 459 g/mol. The van der Waals surface area contributed by atoms with Gasteiger partial charge in [0, 0.05) is 18.0 Å². The third-order valence-electron chi connectivity index (χ3n) is 5.36. The number of amides is 1. The lowest BCUT2D eigenvalue weighted by molar-refractivity contribution is 0.0936. The molecule has 30 heavy (non-hydrogen) atoms. The molecule has 0 aliphatic heterocycles. The van der Waals surface area contributed by atoms with Gasteiger partial charge in [-0.3, -0.25) is 4.79 Å². The van der Waals surface area contributed by atoms with E-state index in [0.717, 1.165) is 37.8 Å². The Hall–Kier alpha value is -3.38. The standard InChI is InChI=1S/C24H19BrN4O/c1-29-19-14-8-7-13-18(19)27-23(29)21(15-9-3-2-4-10-15)28-24(30)22-20(25)16-11-5-6-12-17(16)26-22/h2-14,21,26H,1H3,(H,28,30). The van der Waals surface area contributed by atoms with Crippen LogP contribution in [0.3, 0.4) is 0 Å². The van der Waals surface area contributed by atoms with Crippen LogP contribution >= 0.6 is 15.9 Å². The smallest absolute Gasteiger partial charge is 0.269 e. The summed E-state index contributed by atoms with van der Waals surface area (Å²) < 4.78 is 2.79. The van der Waals surface area contributed by atoms with E-state index in [2.05, 4.69) is 26.2 Å². The molecule has 2 N–H and O–H groups in total. The number of nitrogens with one attached hydrogen (secondary N) is 2. The first kappa shape index (κ1) is 18.6. The molecule has 148 valence electrons. The second-order valence-electron chi connectivity index (χ2n) is 7.19. The fourth-order valence-electron chi connectivity index (χ4n) is 3.83. The Bertz CT molecular complexity index is 1370. The number of H-pyrrole nitrogens is 1. The van der Waals surface area contributed by atoms with Crippen LogP contribution in [0.5, 0.6) is 0 Å². The number of para-hydroxylation sites is 3. The number of nitrogens with zero attached hydrogens (tertiary/aromatic N) is 2. The lowest BCUT2D eigenvalue weighted by Crippen LogP contribution is -2.31. The molecule has 0 bridgehead atoms. The number of benzene rings is 3. The Kier molecular flexibility index (Phi) is 4.64. The van der Waals surface area contributed by atoms with Crippen molar-refractivity contribution in [2.75, 3.05) is 0 Å². The van der Waals surface area contributed by atoms with Crippen LogP contribution in [0.4, 0.5) is 0 Å². The Morgan fingerprint density at radius 3 is 2.47 bits per heavy atom. The molecule has 0 saturated heterocycles. The minimum absolute atomic E-state index is 0.195. The Morgan fingerprint density at radius 1 is 1.00 bits per heavy atom. The predicted molar refractivity (Wildman–Crippen MR) is 122 cm³/mol. The zero-order valence-corrected chi connectivity index (χ0v) is 17.8. The number of rotatable bonds is 4. The van der Waals surface area contributed by atoms with E-state index in [9.17, 15) is 4.79 Å². The first-order chi connectivity index (χ1) is 14.6. The van der Waals surface area contributed by atoms with Crippen LogP contribution < -0.4 is 5.32 Å². The minimum Gasteiger partial charge on any atom is -0.350 e. The number of imidazole rings is 1. The fraction of sp³-hybridized carbons (Fsp3) is 0.0833. The van der Waals surface area contributed by atoms with Crippen LogP contribution in [0.2, 0.25) is 0 Å². The van der Waals surface area contributed by atoms with E-state index in [1.165, 1.54) is 0 Å². The first-order valence-electron chi connectivity index (χ1n) is 9.67. The number of aryl methyl sites for hydroxylation is 1. The molecule has 2 aromatic heterocycles. The Balaban J connectivity index is 1.59. The van der Waals surface area contributed by atoms with Crippen LogP contribution in [0.25, 0.3) is 21.9 Å². The summed E-state index contributed by atoms with van der Waals surface area (Å²) in [4.78, 5) is 21.4. The van der Waals surface area contributed by atoms with Crippen molar-refractivity contribution < 1.29 is 4.79 Å². The molecule has 5 rings (SSSR count). The molecule has 0 saturated carbocycles. The van der Waals surface area contributed by atoms with E-state index in [-0.39, 0.29) is 5.91 Å². The molecule has 0 radical (unpaired) electrons. The average Bonchev–Trinajstić information content (AvgIpc) is 3.30. The van der Waals surface area contributed by atoms with Crippen LogP contribution in [-0.2, 0) is 7.05 Å². The zero-order chi connectivity index (χ0) is 20.7. The van der Waals surface area contributed by atoms with Crippen LogP contribution in [0.1, 0.15) is 27.9 Å². The van der Waals surface area contributed by atoms with Crippen molar-refractivity contribution in [3.05, 3.63) is 100 Å². The highest BCUT2D eigenvalue weighted by Gasteiger charge is 2.25. The number of carbonyl (C=O) groups is 1. The number of aromatic amines is 1. The maximum Gasteiger partial charge on any atom is 0.269 e. The summed E-state index contributed by atoms with van der Waals surface area (Å²) >= 11 is 3.58. The third kappa shape index (κ3) is 3.09. The lowest BCUT2D eigenvalue weighted by Gasteiger charge is -2.19. The molecule has 1 amide bonds. The van der Waals surface area contributed by atoms with Crippen molar-refractivity contribution in [1.82, 2.24) is 19.9 Å². The predicted octanol–water partition coefficient (Wildman–Crippen LogP) is 5.34. The van der Waals surface area contributed by atoms with Crippen molar-refractivity contribution in [3.8, 4) is 0 Å². The maximum atomic E-state index is 13.3. The molecular formula is C24H19BrN4O.